The molecule has 0 saturated carbocycles. The van der Waals surface area contributed by atoms with Gasteiger partial charge in [0.15, 0.2) is 7.14 Å². The van der Waals surface area contributed by atoms with E-state index in [4.69, 9.17) is 4.98 Å². The number of rotatable bonds is 5. The van der Waals surface area contributed by atoms with Crippen LogP contribution in [0.1, 0.15) is 0 Å². The summed E-state index contributed by atoms with van der Waals surface area (Å²) in [5.74, 6) is 0.817. The van der Waals surface area contributed by atoms with Crippen LogP contribution in [0.25, 0.3) is 72.3 Å². The van der Waals surface area contributed by atoms with Crippen LogP contribution in [0.4, 0.5) is 0 Å². The Hall–Kier alpha value is -6.28. The molecule has 0 bridgehead atoms. The Morgan fingerprint density at radius 3 is 1.78 bits per heavy atom. The molecular formula is C47H31N2OP. The second-order valence-electron chi connectivity index (χ2n) is 13.1. The number of para-hydroxylation sites is 1. The summed E-state index contributed by atoms with van der Waals surface area (Å²) < 4.78 is 17.9. The molecule has 0 fully saturated rings. The molecule has 1 aliphatic rings. The fourth-order valence-electron chi connectivity index (χ4n) is 7.86. The molecule has 9 aromatic rings. The van der Waals surface area contributed by atoms with E-state index in [-0.39, 0.29) is 0 Å². The monoisotopic (exact) mass is 670 g/mol. The van der Waals surface area contributed by atoms with Crippen LogP contribution in [0.3, 0.4) is 0 Å². The number of pyridine rings is 1. The van der Waals surface area contributed by atoms with Gasteiger partial charge in [-0.3, -0.25) is 4.57 Å². The van der Waals surface area contributed by atoms with Crippen LogP contribution in [0.5, 0.6) is 0 Å². The summed E-state index contributed by atoms with van der Waals surface area (Å²) in [6.45, 7) is 0. The summed E-state index contributed by atoms with van der Waals surface area (Å²) in [6, 6.07) is 65.1. The highest BCUT2D eigenvalue weighted by Gasteiger charge is 2.42. The van der Waals surface area contributed by atoms with Crippen LogP contribution in [-0.2, 0) is 4.57 Å². The largest absolute Gasteiger partial charge is 0.309 e. The van der Waals surface area contributed by atoms with Crippen LogP contribution in [0.15, 0.2) is 188 Å². The lowest BCUT2D eigenvalue weighted by molar-refractivity contribution is 0.593. The van der Waals surface area contributed by atoms with Gasteiger partial charge in [0, 0.05) is 37.8 Å². The van der Waals surface area contributed by atoms with Gasteiger partial charge in [-0.1, -0.05) is 164 Å². The first-order valence-corrected chi connectivity index (χ1v) is 19.0. The number of hydrogen-bond acceptors (Lipinski definition) is 2. The van der Waals surface area contributed by atoms with Gasteiger partial charge in [0.25, 0.3) is 0 Å². The summed E-state index contributed by atoms with van der Waals surface area (Å²) in [5.41, 5.74) is 10.6. The van der Waals surface area contributed by atoms with E-state index in [1.165, 1.54) is 11.1 Å². The second-order valence-corrected chi connectivity index (χ2v) is 15.8. The molecule has 1 atom stereocenters. The molecule has 7 aromatic carbocycles. The fourth-order valence-corrected chi connectivity index (χ4v) is 10.9. The van der Waals surface area contributed by atoms with Crippen molar-refractivity contribution in [2.24, 2.45) is 0 Å². The first kappa shape index (κ1) is 29.6. The van der Waals surface area contributed by atoms with E-state index in [9.17, 15) is 0 Å². The maximum Gasteiger partial charge on any atom is 0.172 e. The molecule has 2 aromatic heterocycles. The molecule has 0 N–H and O–H groups in total. The Kier molecular flexibility index (Phi) is 6.77. The Bertz CT molecular complexity index is 2810. The first-order chi connectivity index (χ1) is 25.2. The second kappa shape index (κ2) is 11.7. The Morgan fingerprint density at radius 1 is 0.451 bits per heavy atom. The third kappa shape index (κ3) is 4.59. The zero-order valence-electron chi connectivity index (χ0n) is 27.6. The number of benzene rings is 7. The molecular weight excluding hydrogens is 640 g/mol. The summed E-state index contributed by atoms with van der Waals surface area (Å²) >= 11 is 0. The van der Waals surface area contributed by atoms with Crippen LogP contribution >= 0.6 is 7.14 Å². The van der Waals surface area contributed by atoms with E-state index < -0.39 is 7.14 Å². The smallest absolute Gasteiger partial charge is 0.172 e. The summed E-state index contributed by atoms with van der Waals surface area (Å²) in [7, 11) is -3.14. The molecule has 240 valence electrons. The molecule has 3 heterocycles. The van der Waals surface area contributed by atoms with Crippen molar-refractivity contribution in [2.45, 2.75) is 0 Å². The van der Waals surface area contributed by atoms with E-state index in [1.807, 2.05) is 54.6 Å². The van der Waals surface area contributed by atoms with Crippen molar-refractivity contribution in [2.75, 3.05) is 0 Å². The number of hydrogen-bond donors (Lipinski definition) is 0. The van der Waals surface area contributed by atoms with E-state index in [1.54, 1.807) is 0 Å². The molecule has 0 spiro atoms. The maximum absolute atomic E-state index is 15.5. The predicted octanol–water partition coefficient (Wildman–Crippen LogP) is 10.8. The highest BCUT2D eigenvalue weighted by molar-refractivity contribution is 7.86. The van der Waals surface area contributed by atoms with E-state index in [2.05, 4.69) is 138 Å². The van der Waals surface area contributed by atoms with Gasteiger partial charge < -0.3 is 4.57 Å². The van der Waals surface area contributed by atoms with Crippen molar-refractivity contribution >= 4 is 44.9 Å². The van der Waals surface area contributed by atoms with Crippen LogP contribution in [0, 0.1) is 0 Å². The average Bonchev–Trinajstić information content (AvgIpc) is 3.69. The number of nitrogens with zero attached hydrogens (tertiary/aromatic N) is 2. The van der Waals surface area contributed by atoms with Gasteiger partial charge >= 0.3 is 0 Å². The van der Waals surface area contributed by atoms with E-state index in [0.29, 0.717) is 0 Å². The van der Waals surface area contributed by atoms with Gasteiger partial charge in [-0.25, -0.2) is 4.98 Å². The topological polar surface area (TPSA) is 34.9 Å². The minimum absolute atomic E-state index is 0.817. The van der Waals surface area contributed by atoms with Gasteiger partial charge in [0.05, 0.1) is 16.7 Å². The van der Waals surface area contributed by atoms with Gasteiger partial charge in [-0.2, -0.15) is 0 Å². The first-order valence-electron chi connectivity index (χ1n) is 17.2. The van der Waals surface area contributed by atoms with E-state index >= 15 is 4.57 Å². The number of fused-ring (bicyclic) bond motifs is 7. The molecule has 4 heteroatoms. The average molecular weight is 671 g/mol. The zero-order chi connectivity index (χ0) is 33.9. The zero-order valence-corrected chi connectivity index (χ0v) is 28.5. The molecule has 0 aliphatic carbocycles. The Balaban J connectivity index is 1.27. The van der Waals surface area contributed by atoms with Crippen molar-refractivity contribution in [1.82, 2.24) is 9.55 Å². The van der Waals surface area contributed by atoms with E-state index in [0.717, 1.165) is 77.0 Å². The Labute approximate surface area is 296 Å². The van der Waals surface area contributed by atoms with Gasteiger partial charge in [0.1, 0.15) is 5.82 Å². The van der Waals surface area contributed by atoms with Crippen molar-refractivity contribution in [3.8, 4) is 50.5 Å². The van der Waals surface area contributed by atoms with Gasteiger partial charge in [-0.15, -0.1) is 0 Å². The van der Waals surface area contributed by atoms with Crippen LogP contribution < -0.4 is 15.9 Å². The lowest BCUT2D eigenvalue weighted by atomic mass is 9.99. The maximum atomic E-state index is 15.5. The normalized spacial score (nSPS) is 14.8. The van der Waals surface area contributed by atoms with Crippen molar-refractivity contribution in [3.05, 3.63) is 188 Å². The third-order valence-electron chi connectivity index (χ3n) is 10.2. The molecule has 0 amide bonds. The molecule has 3 nitrogen and oxygen atoms in total. The predicted molar refractivity (Wildman–Crippen MR) is 213 cm³/mol. The summed E-state index contributed by atoms with van der Waals surface area (Å²) in [6.07, 6.45) is 0. The van der Waals surface area contributed by atoms with Crippen molar-refractivity contribution in [3.63, 3.8) is 0 Å². The van der Waals surface area contributed by atoms with Crippen molar-refractivity contribution in [1.29, 1.82) is 0 Å². The standard InChI is InChI=1S/C47H31N2OP/c50-51(37-18-8-3-9-19-37)43-23-13-11-21-40(43)46-44(51)29-28-39-38-20-10-12-22-42(38)49(47(39)46)45-31-36(30-41(48-45)35-16-6-2-7-17-35)34-26-24-33(25-27-34)32-14-4-1-5-15-32/h1-31H. The molecule has 51 heavy (non-hydrogen) atoms. The van der Waals surface area contributed by atoms with Crippen LogP contribution in [0.2, 0.25) is 0 Å². The molecule has 0 radical (unpaired) electrons. The highest BCUT2D eigenvalue weighted by atomic mass is 31.2. The molecule has 1 aliphatic heterocycles. The minimum Gasteiger partial charge on any atom is -0.309 e. The molecule has 0 saturated heterocycles. The quantitative estimate of drug-likeness (QED) is 0.171. The summed E-state index contributed by atoms with van der Waals surface area (Å²) in [5, 5.41) is 4.86. The van der Waals surface area contributed by atoms with Crippen molar-refractivity contribution < 1.29 is 4.57 Å². The lowest BCUT2D eigenvalue weighted by Crippen LogP contribution is -2.20. The summed E-state index contributed by atoms with van der Waals surface area (Å²) in [4.78, 5) is 5.41. The Morgan fingerprint density at radius 2 is 1.04 bits per heavy atom. The molecule has 1 unspecified atom stereocenters. The highest BCUT2D eigenvalue weighted by Crippen LogP contribution is 2.54. The lowest BCUT2D eigenvalue weighted by Gasteiger charge is -2.16. The fraction of sp³-hybridized carbons (Fsp3) is 0. The van der Waals surface area contributed by atoms with Crippen LogP contribution in [-0.4, -0.2) is 9.55 Å². The third-order valence-corrected chi connectivity index (χ3v) is 13.4. The van der Waals surface area contributed by atoms with Gasteiger partial charge in [0.2, 0.25) is 0 Å². The SMILES string of the molecule is O=P1(c2ccccc2)c2ccccc2-c2c1ccc1c3ccccc3n(-c3cc(-c4ccc(-c5ccccc5)cc4)cc(-c4ccccc4)n3)c21. The van der Waals surface area contributed by atoms with Gasteiger partial charge in [-0.05, 0) is 52.1 Å². The minimum atomic E-state index is -3.14. The molecule has 10 rings (SSSR count). The number of aromatic nitrogens is 2.